The highest BCUT2D eigenvalue weighted by Crippen LogP contribution is 2.19. The van der Waals surface area contributed by atoms with Crippen molar-refractivity contribution in [2.24, 2.45) is 0 Å². The molecule has 1 fully saturated rings. The summed E-state index contributed by atoms with van der Waals surface area (Å²) in [6.45, 7) is 5.50. The highest BCUT2D eigenvalue weighted by molar-refractivity contribution is 5.88. The van der Waals surface area contributed by atoms with Crippen molar-refractivity contribution in [3.05, 3.63) is 35.9 Å². The molecule has 5 nitrogen and oxygen atoms in total. The van der Waals surface area contributed by atoms with Crippen molar-refractivity contribution in [1.29, 1.82) is 0 Å². The Kier molecular flexibility index (Phi) is 5.81. The zero-order valence-electron chi connectivity index (χ0n) is 13.3. The third-order valence-electron chi connectivity index (χ3n) is 4.06. The summed E-state index contributed by atoms with van der Waals surface area (Å²) in [7, 11) is 0. The number of amides is 3. The molecule has 1 aliphatic heterocycles. The first-order valence-electron chi connectivity index (χ1n) is 8.02. The number of nitrogens with one attached hydrogen (secondary N) is 2. The fourth-order valence-corrected chi connectivity index (χ4v) is 2.55. The lowest BCUT2D eigenvalue weighted by atomic mass is 10.1. The summed E-state index contributed by atoms with van der Waals surface area (Å²) in [4.78, 5) is 26.7. The van der Waals surface area contributed by atoms with Crippen LogP contribution in [0.2, 0.25) is 0 Å². The molecule has 2 N–H and O–H groups in total. The quantitative estimate of drug-likeness (QED) is 0.877. The van der Waals surface area contributed by atoms with Gasteiger partial charge in [0, 0.05) is 19.1 Å². The predicted molar refractivity (Wildman–Crippen MR) is 86.4 cm³/mol. The molecule has 2 rings (SSSR count). The zero-order valence-corrected chi connectivity index (χ0v) is 13.3. The van der Waals surface area contributed by atoms with Gasteiger partial charge in [-0.2, -0.15) is 0 Å². The highest BCUT2D eigenvalue weighted by atomic mass is 16.2. The molecule has 1 saturated heterocycles. The second-order valence-corrected chi connectivity index (χ2v) is 5.80. The van der Waals surface area contributed by atoms with Gasteiger partial charge in [-0.25, -0.2) is 4.79 Å². The van der Waals surface area contributed by atoms with E-state index in [4.69, 9.17) is 0 Å². The Balaban J connectivity index is 2.11. The number of rotatable bonds is 5. The Hall–Kier alpha value is -2.04. The number of likely N-dealkylation sites (tertiary alicyclic amines) is 1. The standard InChI is InChI=1S/C17H25N3O2/c1-3-13(2)18-17(22)19-15(14-9-5-4-6-10-14)16(21)20-11-7-8-12-20/h4-6,9-10,13,15H,3,7-8,11-12H2,1-2H3,(H2,18,19,22). The molecule has 0 saturated carbocycles. The van der Waals surface area contributed by atoms with Gasteiger partial charge in [0.1, 0.15) is 6.04 Å². The van der Waals surface area contributed by atoms with Gasteiger partial charge < -0.3 is 15.5 Å². The third kappa shape index (κ3) is 4.23. The van der Waals surface area contributed by atoms with Crippen LogP contribution in [0.25, 0.3) is 0 Å². The van der Waals surface area contributed by atoms with Crippen molar-refractivity contribution in [2.75, 3.05) is 13.1 Å². The second-order valence-electron chi connectivity index (χ2n) is 5.80. The third-order valence-corrected chi connectivity index (χ3v) is 4.06. The maximum Gasteiger partial charge on any atom is 0.315 e. The van der Waals surface area contributed by atoms with Gasteiger partial charge in [0.05, 0.1) is 0 Å². The smallest absolute Gasteiger partial charge is 0.315 e. The largest absolute Gasteiger partial charge is 0.341 e. The van der Waals surface area contributed by atoms with Crippen molar-refractivity contribution >= 4 is 11.9 Å². The summed E-state index contributed by atoms with van der Waals surface area (Å²) in [5.41, 5.74) is 0.818. The minimum atomic E-state index is -0.622. The average Bonchev–Trinajstić information content (AvgIpc) is 3.07. The van der Waals surface area contributed by atoms with Gasteiger partial charge in [-0.1, -0.05) is 37.3 Å². The van der Waals surface area contributed by atoms with Crippen molar-refractivity contribution in [1.82, 2.24) is 15.5 Å². The molecule has 1 aromatic rings. The van der Waals surface area contributed by atoms with E-state index in [0.717, 1.165) is 37.9 Å². The number of nitrogens with zero attached hydrogens (tertiary/aromatic N) is 1. The fraction of sp³-hybridized carbons (Fsp3) is 0.529. The van der Waals surface area contributed by atoms with Crippen LogP contribution in [0.4, 0.5) is 4.79 Å². The maximum absolute atomic E-state index is 12.7. The minimum absolute atomic E-state index is 0.0250. The van der Waals surface area contributed by atoms with Gasteiger partial charge in [-0.3, -0.25) is 4.79 Å². The van der Waals surface area contributed by atoms with Gasteiger partial charge in [-0.05, 0) is 31.7 Å². The molecule has 22 heavy (non-hydrogen) atoms. The summed E-state index contributed by atoms with van der Waals surface area (Å²) >= 11 is 0. The lowest BCUT2D eigenvalue weighted by Crippen LogP contribution is -2.47. The van der Waals surface area contributed by atoms with Gasteiger partial charge >= 0.3 is 6.03 Å². The van der Waals surface area contributed by atoms with E-state index in [1.807, 2.05) is 49.1 Å². The van der Waals surface area contributed by atoms with E-state index in [1.165, 1.54) is 0 Å². The van der Waals surface area contributed by atoms with Crippen LogP contribution in [0.5, 0.6) is 0 Å². The Morgan fingerprint density at radius 3 is 2.36 bits per heavy atom. The summed E-state index contributed by atoms with van der Waals surface area (Å²) < 4.78 is 0. The zero-order chi connectivity index (χ0) is 15.9. The number of carbonyl (C=O) groups excluding carboxylic acids is 2. The summed E-state index contributed by atoms with van der Waals surface area (Å²) in [6, 6.07) is 8.59. The molecule has 3 amide bonds. The molecule has 120 valence electrons. The molecule has 0 bridgehead atoms. The summed E-state index contributed by atoms with van der Waals surface area (Å²) in [5, 5.41) is 5.69. The highest BCUT2D eigenvalue weighted by Gasteiger charge is 2.29. The van der Waals surface area contributed by atoms with Crippen LogP contribution in [-0.2, 0) is 4.79 Å². The Morgan fingerprint density at radius 1 is 1.14 bits per heavy atom. The molecule has 0 spiro atoms. The fourth-order valence-electron chi connectivity index (χ4n) is 2.55. The first kappa shape index (κ1) is 16.3. The second kappa shape index (κ2) is 7.82. The number of hydrogen-bond donors (Lipinski definition) is 2. The molecular formula is C17H25N3O2. The number of benzene rings is 1. The first-order chi connectivity index (χ1) is 10.6. The van der Waals surface area contributed by atoms with Crippen LogP contribution >= 0.6 is 0 Å². The van der Waals surface area contributed by atoms with Crippen molar-refractivity contribution in [2.45, 2.75) is 45.2 Å². The molecule has 0 aliphatic carbocycles. The van der Waals surface area contributed by atoms with Crippen molar-refractivity contribution < 1.29 is 9.59 Å². The van der Waals surface area contributed by atoms with Gasteiger partial charge in [0.15, 0.2) is 0 Å². The van der Waals surface area contributed by atoms with Crippen LogP contribution < -0.4 is 10.6 Å². The van der Waals surface area contributed by atoms with E-state index in [9.17, 15) is 9.59 Å². The number of urea groups is 1. The van der Waals surface area contributed by atoms with Crippen LogP contribution in [0, 0.1) is 0 Å². The predicted octanol–water partition coefficient (Wildman–Crippen LogP) is 2.45. The first-order valence-corrected chi connectivity index (χ1v) is 8.02. The van der Waals surface area contributed by atoms with Crippen LogP contribution in [0.3, 0.4) is 0 Å². The average molecular weight is 303 g/mol. The Bertz CT molecular complexity index is 498. The lowest BCUT2D eigenvalue weighted by molar-refractivity contribution is -0.132. The molecule has 1 heterocycles. The van der Waals surface area contributed by atoms with E-state index in [1.54, 1.807) is 0 Å². The molecule has 1 aromatic carbocycles. The van der Waals surface area contributed by atoms with E-state index in [0.29, 0.717) is 0 Å². The Morgan fingerprint density at radius 2 is 1.77 bits per heavy atom. The van der Waals surface area contributed by atoms with Crippen LogP contribution in [0.15, 0.2) is 30.3 Å². The molecule has 2 atom stereocenters. The van der Waals surface area contributed by atoms with E-state index >= 15 is 0 Å². The molecule has 0 radical (unpaired) electrons. The molecule has 1 aliphatic rings. The van der Waals surface area contributed by atoms with Crippen LogP contribution in [0.1, 0.15) is 44.7 Å². The van der Waals surface area contributed by atoms with Crippen LogP contribution in [-0.4, -0.2) is 36.0 Å². The monoisotopic (exact) mass is 303 g/mol. The summed E-state index contributed by atoms with van der Waals surface area (Å²) in [6.07, 6.45) is 2.92. The van der Waals surface area contributed by atoms with Crippen molar-refractivity contribution in [3.8, 4) is 0 Å². The van der Waals surface area contributed by atoms with E-state index in [2.05, 4.69) is 10.6 Å². The maximum atomic E-state index is 12.7. The van der Waals surface area contributed by atoms with Gasteiger partial charge in [0.25, 0.3) is 0 Å². The van der Waals surface area contributed by atoms with E-state index in [-0.39, 0.29) is 18.0 Å². The molecular weight excluding hydrogens is 278 g/mol. The number of carbonyl (C=O) groups is 2. The van der Waals surface area contributed by atoms with E-state index < -0.39 is 6.04 Å². The minimum Gasteiger partial charge on any atom is -0.341 e. The number of hydrogen-bond acceptors (Lipinski definition) is 2. The van der Waals surface area contributed by atoms with Gasteiger partial charge in [-0.15, -0.1) is 0 Å². The molecule has 0 aromatic heterocycles. The topological polar surface area (TPSA) is 61.4 Å². The molecule has 5 heteroatoms. The Labute approximate surface area is 132 Å². The van der Waals surface area contributed by atoms with Gasteiger partial charge in [0.2, 0.25) is 5.91 Å². The van der Waals surface area contributed by atoms with Crippen molar-refractivity contribution in [3.63, 3.8) is 0 Å². The molecule has 2 unspecified atom stereocenters. The SMILES string of the molecule is CCC(C)NC(=O)NC(C(=O)N1CCCC1)c1ccccc1. The normalized spacial score (nSPS) is 16.9. The summed E-state index contributed by atoms with van der Waals surface area (Å²) in [5.74, 6) is -0.0250. The lowest BCUT2D eigenvalue weighted by Gasteiger charge is -2.25.